The molecule has 1 aromatic carbocycles. The van der Waals surface area contributed by atoms with Crippen molar-refractivity contribution < 1.29 is 14.3 Å². The van der Waals surface area contributed by atoms with E-state index in [1.807, 2.05) is 46.0 Å². The normalized spacial score (nSPS) is 16.5. The zero-order valence-corrected chi connectivity index (χ0v) is 17.0. The fourth-order valence-corrected chi connectivity index (χ4v) is 6.18. The number of nitrogens with one attached hydrogen (secondary N) is 2. The zero-order chi connectivity index (χ0) is 18.9. The van der Waals surface area contributed by atoms with Crippen LogP contribution in [0.4, 0.5) is 0 Å². The molecule has 7 heteroatoms. The van der Waals surface area contributed by atoms with E-state index in [2.05, 4.69) is 16.4 Å². The number of aromatic amines is 1. The Morgan fingerprint density at radius 1 is 1.26 bits per heavy atom. The smallest absolute Gasteiger partial charge is 0.306 e. The summed E-state index contributed by atoms with van der Waals surface area (Å²) in [5.74, 6) is 0.713. The minimum absolute atomic E-state index is 0.193. The molecule has 1 amide bonds. The van der Waals surface area contributed by atoms with E-state index < -0.39 is 0 Å². The van der Waals surface area contributed by atoms with Crippen molar-refractivity contribution in [1.82, 2.24) is 10.3 Å². The molecule has 2 heterocycles. The fourth-order valence-electron chi connectivity index (χ4n) is 3.15. The summed E-state index contributed by atoms with van der Waals surface area (Å²) in [4.78, 5) is 26.8. The number of esters is 1. The lowest BCUT2D eigenvalue weighted by atomic mass is 10.1. The highest BCUT2D eigenvalue weighted by molar-refractivity contribution is 8.77. The minimum Gasteiger partial charge on any atom is -0.456 e. The van der Waals surface area contributed by atoms with Crippen molar-refractivity contribution in [1.29, 1.82) is 0 Å². The van der Waals surface area contributed by atoms with Crippen molar-refractivity contribution in [3.63, 3.8) is 0 Å². The van der Waals surface area contributed by atoms with E-state index in [9.17, 15) is 9.59 Å². The summed E-state index contributed by atoms with van der Waals surface area (Å²) in [5, 5.41) is 4.73. The number of benzene rings is 1. The molecule has 1 fully saturated rings. The van der Waals surface area contributed by atoms with Gasteiger partial charge in [-0.3, -0.25) is 9.59 Å². The molecular weight excluding hydrogens is 380 g/mol. The molecule has 1 saturated heterocycles. The molecule has 0 saturated carbocycles. The second kappa shape index (κ2) is 10.7. The molecule has 0 bridgehead atoms. The number of unbranched alkanes of at least 4 members (excludes halogenated alkanes) is 1. The van der Waals surface area contributed by atoms with Crippen molar-refractivity contribution in [2.75, 3.05) is 18.9 Å². The van der Waals surface area contributed by atoms with Gasteiger partial charge in [-0.05, 0) is 37.3 Å². The molecule has 2 N–H and O–H groups in total. The lowest BCUT2D eigenvalue weighted by Gasteiger charge is -2.08. The molecule has 0 radical (unpaired) electrons. The van der Waals surface area contributed by atoms with Crippen LogP contribution in [0.15, 0.2) is 30.5 Å². The average molecular weight is 407 g/mol. The molecule has 1 aliphatic heterocycles. The molecule has 27 heavy (non-hydrogen) atoms. The number of hydrogen-bond donors (Lipinski definition) is 2. The van der Waals surface area contributed by atoms with Crippen LogP contribution in [0.1, 0.15) is 37.7 Å². The molecule has 0 aliphatic carbocycles. The van der Waals surface area contributed by atoms with E-state index in [0.29, 0.717) is 13.0 Å². The average Bonchev–Trinajstić information content (AvgIpc) is 3.34. The Balaban J connectivity index is 1.25. The maximum absolute atomic E-state index is 11.8. The second-order valence-corrected chi connectivity index (χ2v) is 9.48. The van der Waals surface area contributed by atoms with Crippen molar-refractivity contribution in [3.8, 4) is 0 Å². The maximum atomic E-state index is 11.8. The highest BCUT2D eigenvalue weighted by atomic mass is 33.1. The lowest BCUT2D eigenvalue weighted by Crippen LogP contribution is -2.30. The summed E-state index contributed by atoms with van der Waals surface area (Å²) in [6.07, 6.45) is 7.43. The van der Waals surface area contributed by atoms with Crippen LogP contribution in [-0.2, 0) is 20.7 Å². The van der Waals surface area contributed by atoms with Gasteiger partial charge in [-0.25, -0.2) is 0 Å². The largest absolute Gasteiger partial charge is 0.456 e. The van der Waals surface area contributed by atoms with Gasteiger partial charge in [0.1, 0.15) is 0 Å². The minimum atomic E-state index is -0.282. The third-order valence-corrected chi connectivity index (χ3v) is 7.65. The number of H-pyrrole nitrogens is 1. The van der Waals surface area contributed by atoms with Gasteiger partial charge in [0.2, 0.25) is 0 Å². The molecule has 0 unspecified atom stereocenters. The number of carbonyl (C=O) groups is 2. The quantitative estimate of drug-likeness (QED) is 0.353. The van der Waals surface area contributed by atoms with Gasteiger partial charge in [0.05, 0.1) is 0 Å². The number of rotatable bonds is 10. The fraction of sp³-hybridized carbons (Fsp3) is 0.500. The lowest BCUT2D eigenvalue weighted by molar-refractivity contribution is -0.148. The van der Waals surface area contributed by atoms with Gasteiger partial charge in [0.15, 0.2) is 6.61 Å². The van der Waals surface area contributed by atoms with E-state index in [4.69, 9.17) is 4.74 Å². The van der Waals surface area contributed by atoms with Gasteiger partial charge in [-0.1, -0.05) is 46.2 Å². The molecule has 0 spiro atoms. The molecule has 5 nitrogen and oxygen atoms in total. The summed E-state index contributed by atoms with van der Waals surface area (Å²) in [6.45, 7) is 0.330. The molecular formula is C20H26N2O3S2. The van der Waals surface area contributed by atoms with Crippen LogP contribution < -0.4 is 5.32 Å². The Morgan fingerprint density at radius 3 is 3.00 bits per heavy atom. The predicted octanol–water partition coefficient (Wildman–Crippen LogP) is 4.08. The summed E-state index contributed by atoms with van der Waals surface area (Å²) in [7, 11) is 3.91. The summed E-state index contributed by atoms with van der Waals surface area (Å²) in [5.41, 5.74) is 2.26. The van der Waals surface area contributed by atoms with Gasteiger partial charge < -0.3 is 15.0 Å². The first-order valence-corrected chi connectivity index (χ1v) is 11.9. The summed E-state index contributed by atoms with van der Waals surface area (Å²) in [6, 6.07) is 8.09. The number of para-hydroxylation sites is 1. The number of hydrogen-bond acceptors (Lipinski definition) is 5. The molecule has 146 valence electrons. The van der Waals surface area contributed by atoms with E-state index in [-0.39, 0.29) is 18.5 Å². The Labute approximate surface area is 167 Å². The van der Waals surface area contributed by atoms with Gasteiger partial charge in [0.25, 0.3) is 5.91 Å². The maximum Gasteiger partial charge on any atom is 0.306 e. The number of ether oxygens (including phenoxy) is 1. The topological polar surface area (TPSA) is 71.2 Å². The Bertz CT molecular complexity index is 757. The van der Waals surface area contributed by atoms with Crippen LogP contribution in [0.2, 0.25) is 0 Å². The van der Waals surface area contributed by atoms with Gasteiger partial charge >= 0.3 is 5.97 Å². The SMILES string of the molecule is O=C(COC(=O)CCCC[C@@H]1CCSS1)NCCc1c[nH]c2ccccc12. The van der Waals surface area contributed by atoms with E-state index >= 15 is 0 Å². The third kappa shape index (κ3) is 6.50. The highest BCUT2D eigenvalue weighted by Gasteiger charge is 2.16. The van der Waals surface area contributed by atoms with Crippen LogP contribution in [0.3, 0.4) is 0 Å². The standard InChI is InChI=1S/C20H26N2O3S2/c23-19(14-25-20(24)8-4-1-5-16-10-12-26-27-16)21-11-9-15-13-22-18-7-3-2-6-17(15)18/h2-3,6-7,13,16,22H,1,4-5,8-12,14H2,(H,21,23)/t16-/m1/s1. The molecule has 2 aromatic rings. The van der Waals surface area contributed by atoms with E-state index in [1.54, 1.807) is 0 Å². The van der Waals surface area contributed by atoms with Crippen LogP contribution in [0.25, 0.3) is 10.9 Å². The van der Waals surface area contributed by atoms with Crippen molar-refractivity contribution in [2.45, 2.75) is 43.8 Å². The molecule has 3 rings (SSSR count). The Hall–Kier alpha value is -1.60. The van der Waals surface area contributed by atoms with Crippen LogP contribution in [0, 0.1) is 0 Å². The molecule has 1 atom stereocenters. The summed E-state index contributed by atoms with van der Waals surface area (Å²) < 4.78 is 5.07. The first kappa shape index (κ1) is 20.1. The number of aromatic nitrogens is 1. The summed E-state index contributed by atoms with van der Waals surface area (Å²) >= 11 is 0. The van der Waals surface area contributed by atoms with Crippen LogP contribution in [-0.4, -0.2) is 41.0 Å². The number of fused-ring (bicyclic) bond motifs is 1. The van der Waals surface area contributed by atoms with Crippen molar-refractivity contribution >= 4 is 44.4 Å². The van der Waals surface area contributed by atoms with Gasteiger partial charge in [-0.15, -0.1) is 0 Å². The van der Waals surface area contributed by atoms with Crippen molar-refractivity contribution in [2.24, 2.45) is 0 Å². The Morgan fingerprint density at radius 2 is 2.15 bits per heavy atom. The van der Waals surface area contributed by atoms with Crippen LogP contribution >= 0.6 is 21.6 Å². The first-order valence-electron chi connectivity index (χ1n) is 9.48. The number of carbonyl (C=O) groups excluding carboxylic acids is 2. The van der Waals surface area contributed by atoms with Crippen molar-refractivity contribution in [3.05, 3.63) is 36.0 Å². The predicted molar refractivity (Wildman–Crippen MR) is 113 cm³/mol. The zero-order valence-electron chi connectivity index (χ0n) is 15.4. The molecule has 1 aliphatic rings. The molecule has 1 aromatic heterocycles. The second-order valence-electron chi connectivity index (χ2n) is 6.69. The van der Waals surface area contributed by atoms with E-state index in [1.165, 1.54) is 29.5 Å². The van der Waals surface area contributed by atoms with Gasteiger partial charge in [-0.2, -0.15) is 0 Å². The highest BCUT2D eigenvalue weighted by Crippen LogP contribution is 2.39. The number of amides is 1. The Kier molecular flexibility index (Phi) is 7.95. The van der Waals surface area contributed by atoms with Crippen LogP contribution in [0.5, 0.6) is 0 Å². The van der Waals surface area contributed by atoms with E-state index in [0.717, 1.165) is 30.0 Å². The van der Waals surface area contributed by atoms with Gasteiger partial charge in [0, 0.05) is 41.1 Å². The first-order chi connectivity index (χ1) is 13.2. The third-order valence-electron chi connectivity index (χ3n) is 4.64. The monoisotopic (exact) mass is 406 g/mol.